The SMILES string of the molecule is O=[N+]([O-])c1cccc2oc(NCCCCO)nc12. The summed E-state index contributed by atoms with van der Waals surface area (Å²) in [6.07, 6.45) is 1.46. The van der Waals surface area contributed by atoms with Gasteiger partial charge < -0.3 is 14.8 Å². The van der Waals surface area contributed by atoms with Crippen molar-refractivity contribution in [2.24, 2.45) is 0 Å². The quantitative estimate of drug-likeness (QED) is 0.462. The summed E-state index contributed by atoms with van der Waals surface area (Å²) in [6, 6.07) is 4.84. The largest absolute Gasteiger partial charge is 0.423 e. The van der Waals surface area contributed by atoms with Gasteiger partial charge in [0, 0.05) is 19.2 Å². The third kappa shape index (κ3) is 2.57. The van der Waals surface area contributed by atoms with E-state index < -0.39 is 4.92 Å². The molecule has 0 aliphatic carbocycles. The van der Waals surface area contributed by atoms with Crippen molar-refractivity contribution >= 4 is 22.8 Å². The number of unbranched alkanes of at least 4 members (excludes halogenated alkanes) is 1. The Hall–Kier alpha value is -2.15. The van der Waals surface area contributed by atoms with E-state index in [4.69, 9.17) is 9.52 Å². The predicted octanol–water partition coefficient (Wildman–Crippen LogP) is 1.92. The molecule has 0 saturated heterocycles. The number of aromatic nitrogens is 1. The molecule has 1 aromatic heterocycles. The molecule has 0 saturated carbocycles. The molecule has 1 aromatic carbocycles. The Morgan fingerprint density at radius 3 is 3.00 bits per heavy atom. The highest BCUT2D eigenvalue weighted by atomic mass is 16.6. The molecule has 0 unspecified atom stereocenters. The van der Waals surface area contributed by atoms with E-state index in [2.05, 4.69) is 10.3 Å². The van der Waals surface area contributed by atoms with Crippen LogP contribution in [0.4, 0.5) is 11.7 Å². The molecule has 0 spiro atoms. The molecule has 0 fully saturated rings. The number of aliphatic hydroxyl groups excluding tert-OH is 1. The molecule has 18 heavy (non-hydrogen) atoms. The van der Waals surface area contributed by atoms with Gasteiger partial charge in [0.05, 0.1) is 4.92 Å². The monoisotopic (exact) mass is 251 g/mol. The summed E-state index contributed by atoms with van der Waals surface area (Å²) in [6.45, 7) is 0.738. The number of non-ortho nitro benzene ring substituents is 1. The minimum absolute atomic E-state index is 0.0698. The van der Waals surface area contributed by atoms with Crippen molar-refractivity contribution in [1.82, 2.24) is 4.98 Å². The second-order valence-electron chi connectivity index (χ2n) is 3.76. The minimum atomic E-state index is -0.486. The number of para-hydroxylation sites is 1. The molecule has 0 radical (unpaired) electrons. The first-order valence-electron chi connectivity index (χ1n) is 5.61. The first-order valence-corrected chi connectivity index (χ1v) is 5.61. The Morgan fingerprint density at radius 2 is 2.28 bits per heavy atom. The minimum Gasteiger partial charge on any atom is -0.423 e. The Morgan fingerprint density at radius 1 is 1.44 bits per heavy atom. The van der Waals surface area contributed by atoms with Crippen molar-refractivity contribution in [2.45, 2.75) is 12.8 Å². The summed E-state index contributed by atoms with van der Waals surface area (Å²) in [5, 5.41) is 22.4. The first-order chi connectivity index (χ1) is 8.72. The zero-order chi connectivity index (χ0) is 13.0. The molecule has 0 atom stereocenters. The van der Waals surface area contributed by atoms with Crippen molar-refractivity contribution < 1.29 is 14.4 Å². The van der Waals surface area contributed by atoms with E-state index in [0.29, 0.717) is 18.5 Å². The molecule has 0 amide bonds. The van der Waals surface area contributed by atoms with E-state index in [-0.39, 0.29) is 23.8 Å². The summed E-state index contributed by atoms with van der Waals surface area (Å²) in [4.78, 5) is 14.4. The molecular weight excluding hydrogens is 238 g/mol. The second-order valence-corrected chi connectivity index (χ2v) is 3.76. The number of hydrogen-bond acceptors (Lipinski definition) is 6. The van der Waals surface area contributed by atoms with Crippen LogP contribution in [0.25, 0.3) is 11.1 Å². The molecule has 2 aromatic rings. The number of aliphatic hydroxyl groups is 1. The first kappa shape index (κ1) is 12.3. The Bertz CT molecular complexity index is 552. The van der Waals surface area contributed by atoms with Crippen LogP contribution >= 0.6 is 0 Å². The van der Waals surface area contributed by atoms with Gasteiger partial charge in [-0.15, -0.1) is 0 Å². The number of nitro groups is 1. The Kier molecular flexibility index (Phi) is 3.73. The van der Waals surface area contributed by atoms with Crippen molar-refractivity contribution in [3.8, 4) is 0 Å². The highest BCUT2D eigenvalue weighted by Crippen LogP contribution is 2.27. The maximum atomic E-state index is 10.8. The molecule has 0 aliphatic rings. The van der Waals surface area contributed by atoms with Crippen LogP contribution in [0.15, 0.2) is 22.6 Å². The number of rotatable bonds is 6. The van der Waals surface area contributed by atoms with E-state index >= 15 is 0 Å². The van der Waals surface area contributed by atoms with Gasteiger partial charge in [-0.05, 0) is 18.9 Å². The lowest BCUT2D eigenvalue weighted by Gasteiger charge is -1.98. The molecule has 2 N–H and O–H groups in total. The highest BCUT2D eigenvalue weighted by Gasteiger charge is 2.16. The fraction of sp³-hybridized carbons (Fsp3) is 0.364. The van der Waals surface area contributed by atoms with E-state index in [9.17, 15) is 10.1 Å². The number of nitrogens with one attached hydrogen (secondary N) is 1. The lowest BCUT2D eigenvalue weighted by molar-refractivity contribution is -0.383. The third-order valence-corrected chi connectivity index (χ3v) is 2.46. The predicted molar refractivity (Wildman–Crippen MR) is 65.5 cm³/mol. The average Bonchev–Trinajstić information content (AvgIpc) is 2.76. The molecule has 0 aliphatic heterocycles. The number of anilines is 1. The van der Waals surface area contributed by atoms with Gasteiger partial charge in [0.1, 0.15) is 0 Å². The summed E-state index contributed by atoms with van der Waals surface area (Å²) >= 11 is 0. The van der Waals surface area contributed by atoms with Gasteiger partial charge in [-0.1, -0.05) is 6.07 Å². The van der Waals surface area contributed by atoms with Gasteiger partial charge in [-0.2, -0.15) is 4.98 Å². The zero-order valence-electron chi connectivity index (χ0n) is 9.63. The number of oxazole rings is 1. The molecule has 1 heterocycles. The van der Waals surface area contributed by atoms with Gasteiger partial charge in [-0.3, -0.25) is 10.1 Å². The average molecular weight is 251 g/mol. The Balaban J connectivity index is 2.17. The van der Waals surface area contributed by atoms with Gasteiger partial charge in [0.2, 0.25) is 0 Å². The number of fused-ring (bicyclic) bond motifs is 1. The maximum absolute atomic E-state index is 10.8. The molecule has 7 heteroatoms. The molecule has 96 valence electrons. The summed E-state index contributed by atoms with van der Waals surface area (Å²) in [5.74, 6) is 0. The smallest absolute Gasteiger partial charge is 0.298 e. The van der Waals surface area contributed by atoms with Crippen LogP contribution in [0.3, 0.4) is 0 Å². The van der Waals surface area contributed by atoms with Crippen LogP contribution in [-0.2, 0) is 0 Å². The fourth-order valence-electron chi connectivity index (χ4n) is 1.59. The summed E-state index contributed by atoms with van der Waals surface area (Å²) in [5.41, 5.74) is 0.556. The van der Waals surface area contributed by atoms with Crippen molar-refractivity contribution in [3.63, 3.8) is 0 Å². The van der Waals surface area contributed by atoms with Crippen LogP contribution in [0.2, 0.25) is 0 Å². The Labute approximate surface area is 103 Å². The number of hydrogen-bond donors (Lipinski definition) is 2. The van der Waals surface area contributed by atoms with Gasteiger partial charge in [0.25, 0.3) is 11.7 Å². The standard InChI is InChI=1S/C11H13N3O4/c15-7-2-1-6-12-11-13-10-8(14(16)17)4-3-5-9(10)18-11/h3-5,15H,1-2,6-7H2,(H,12,13). The normalized spacial score (nSPS) is 10.7. The van der Waals surface area contributed by atoms with Crippen LogP contribution in [0.5, 0.6) is 0 Å². The summed E-state index contributed by atoms with van der Waals surface area (Å²) < 4.78 is 5.35. The van der Waals surface area contributed by atoms with E-state index in [1.807, 2.05) is 0 Å². The van der Waals surface area contributed by atoms with Gasteiger partial charge in [0.15, 0.2) is 11.1 Å². The van der Waals surface area contributed by atoms with Gasteiger partial charge in [-0.25, -0.2) is 0 Å². The van der Waals surface area contributed by atoms with Crippen LogP contribution in [0, 0.1) is 10.1 Å². The third-order valence-electron chi connectivity index (χ3n) is 2.46. The number of nitro benzene ring substituents is 1. The lowest BCUT2D eigenvalue weighted by atomic mass is 10.3. The van der Waals surface area contributed by atoms with E-state index in [0.717, 1.165) is 6.42 Å². The maximum Gasteiger partial charge on any atom is 0.298 e. The van der Waals surface area contributed by atoms with E-state index in [1.54, 1.807) is 12.1 Å². The van der Waals surface area contributed by atoms with Gasteiger partial charge >= 0.3 is 0 Å². The van der Waals surface area contributed by atoms with Crippen LogP contribution in [0.1, 0.15) is 12.8 Å². The summed E-state index contributed by atoms with van der Waals surface area (Å²) in [7, 11) is 0. The fourth-order valence-corrected chi connectivity index (χ4v) is 1.59. The molecule has 0 bridgehead atoms. The molecule has 2 rings (SSSR count). The molecular formula is C11H13N3O4. The highest BCUT2D eigenvalue weighted by molar-refractivity contribution is 5.83. The molecule has 7 nitrogen and oxygen atoms in total. The van der Waals surface area contributed by atoms with Crippen molar-refractivity contribution in [3.05, 3.63) is 28.3 Å². The number of benzene rings is 1. The number of nitrogens with zero attached hydrogens (tertiary/aromatic N) is 2. The van der Waals surface area contributed by atoms with Crippen LogP contribution < -0.4 is 5.32 Å². The van der Waals surface area contributed by atoms with Crippen LogP contribution in [-0.4, -0.2) is 28.2 Å². The van der Waals surface area contributed by atoms with Crippen molar-refractivity contribution in [2.75, 3.05) is 18.5 Å². The van der Waals surface area contributed by atoms with Crippen molar-refractivity contribution in [1.29, 1.82) is 0 Å². The topological polar surface area (TPSA) is 101 Å². The lowest BCUT2D eigenvalue weighted by Crippen LogP contribution is -2.02. The second kappa shape index (κ2) is 5.46. The zero-order valence-corrected chi connectivity index (χ0v) is 9.63. The van der Waals surface area contributed by atoms with E-state index in [1.165, 1.54) is 6.07 Å².